The quantitative estimate of drug-likeness (QED) is 0.626. The van der Waals surface area contributed by atoms with Crippen LogP contribution in [0.3, 0.4) is 0 Å². The molecule has 0 aromatic carbocycles. The molecule has 3 saturated carbocycles. The molecule has 6 rings (SSSR count). The molecule has 28 heavy (non-hydrogen) atoms. The van der Waals surface area contributed by atoms with Crippen LogP contribution < -0.4 is 0 Å². The van der Waals surface area contributed by atoms with Gasteiger partial charge in [-0.05, 0) is 55.8 Å². The lowest BCUT2D eigenvalue weighted by atomic mass is 9.46. The van der Waals surface area contributed by atoms with Gasteiger partial charge < -0.3 is 23.7 Å². The summed E-state index contributed by atoms with van der Waals surface area (Å²) in [6, 6.07) is 0. The number of hydrogen-bond donors (Lipinski definition) is 0. The number of ether oxygens (including phenoxy) is 5. The predicted molar refractivity (Wildman–Crippen MR) is 103 cm³/mol. The van der Waals surface area contributed by atoms with Crippen molar-refractivity contribution in [3.8, 4) is 0 Å². The van der Waals surface area contributed by atoms with Crippen LogP contribution in [0.2, 0.25) is 0 Å². The van der Waals surface area contributed by atoms with Crippen molar-refractivity contribution in [2.75, 3.05) is 33.0 Å². The summed E-state index contributed by atoms with van der Waals surface area (Å²) in [5.41, 5.74) is 0.151. The van der Waals surface area contributed by atoms with Gasteiger partial charge in [0.15, 0.2) is 11.6 Å². The zero-order valence-electron chi connectivity index (χ0n) is 17.8. The van der Waals surface area contributed by atoms with E-state index in [-0.39, 0.29) is 22.2 Å². The maximum atomic E-state index is 6.79. The Labute approximate surface area is 168 Å². The summed E-state index contributed by atoms with van der Waals surface area (Å²) < 4.78 is 31.5. The second kappa shape index (κ2) is 5.73. The first kappa shape index (κ1) is 18.6. The summed E-state index contributed by atoms with van der Waals surface area (Å²) in [5, 5.41) is 0. The minimum Gasteiger partial charge on any atom is -0.374 e. The molecule has 0 bridgehead atoms. The second-order valence-electron chi connectivity index (χ2n) is 11.1. The molecule has 3 aliphatic heterocycles. The highest BCUT2D eigenvalue weighted by Crippen LogP contribution is 2.69. The van der Waals surface area contributed by atoms with E-state index in [0.29, 0.717) is 17.8 Å². The molecule has 6 atom stereocenters. The van der Waals surface area contributed by atoms with E-state index in [1.54, 1.807) is 0 Å². The van der Waals surface area contributed by atoms with Crippen LogP contribution in [0, 0.1) is 28.6 Å². The van der Waals surface area contributed by atoms with Crippen LogP contribution in [-0.4, -0.2) is 50.2 Å². The zero-order chi connectivity index (χ0) is 19.3. The first-order valence-electron chi connectivity index (χ1n) is 11.6. The molecule has 0 unspecified atom stereocenters. The number of fused-ring (bicyclic) bond motifs is 6. The topological polar surface area (TPSA) is 46.2 Å². The van der Waals surface area contributed by atoms with Crippen molar-refractivity contribution in [3.05, 3.63) is 0 Å². The van der Waals surface area contributed by atoms with Gasteiger partial charge in [0, 0.05) is 24.7 Å². The van der Waals surface area contributed by atoms with Crippen molar-refractivity contribution < 1.29 is 23.7 Å². The van der Waals surface area contributed by atoms with E-state index >= 15 is 0 Å². The Balaban J connectivity index is 1.31. The molecule has 3 heterocycles. The Kier molecular flexibility index (Phi) is 3.80. The average molecular weight is 393 g/mol. The summed E-state index contributed by atoms with van der Waals surface area (Å²) in [6.45, 7) is 11.1. The van der Waals surface area contributed by atoms with E-state index in [4.69, 9.17) is 23.7 Å². The van der Waals surface area contributed by atoms with E-state index < -0.39 is 5.79 Å². The van der Waals surface area contributed by atoms with Gasteiger partial charge in [0.1, 0.15) is 0 Å². The third-order valence-corrected chi connectivity index (χ3v) is 10.3. The summed E-state index contributed by atoms with van der Waals surface area (Å²) in [5.74, 6) is 1.24. The lowest BCUT2D eigenvalue weighted by molar-refractivity contribution is -0.316. The fourth-order valence-corrected chi connectivity index (χ4v) is 8.53. The zero-order valence-corrected chi connectivity index (χ0v) is 17.8. The molecule has 6 aliphatic rings. The molecule has 3 aliphatic carbocycles. The first-order chi connectivity index (χ1) is 13.4. The largest absolute Gasteiger partial charge is 0.374 e. The molecule has 0 amide bonds. The lowest BCUT2D eigenvalue weighted by Crippen LogP contribution is -2.67. The predicted octanol–water partition coefficient (Wildman–Crippen LogP) is 3.89. The minimum absolute atomic E-state index is 0.131. The van der Waals surface area contributed by atoms with Gasteiger partial charge in [-0.3, -0.25) is 0 Å². The first-order valence-corrected chi connectivity index (χ1v) is 11.6. The molecular formula is C23H36O5. The Morgan fingerprint density at radius 3 is 2.04 bits per heavy atom. The average Bonchev–Trinajstić information content (AvgIpc) is 3.39. The summed E-state index contributed by atoms with van der Waals surface area (Å²) in [7, 11) is 0. The summed E-state index contributed by atoms with van der Waals surface area (Å²) in [4.78, 5) is 0. The molecule has 0 aromatic rings. The fraction of sp³-hybridized carbons (Fsp3) is 1.00. The van der Waals surface area contributed by atoms with Crippen LogP contribution in [0.5, 0.6) is 0 Å². The van der Waals surface area contributed by atoms with Gasteiger partial charge in [0.05, 0.1) is 38.6 Å². The van der Waals surface area contributed by atoms with E-state index in [2.05, 4.69) is 20.8 Å². The third kappa shape index (κ3) is 2.11. The van der Waals surface area contributed by atoms with E-state index in [0.717, 1.165) is 58.7 Å². The van der Waals surface area contributed by atoms with Gasteiger partial charge in [-0.2, -0.15) is 0 Å². The summed E-state index contributed by atoms with van der Waals surface area (Å²) in [6.07, 6.45) is 7.74. The third-order valence-electron chi connectivity index (χ3n) is 10.3. The van der Waals surface area contributed by atoms with E-state index in [1.807, 2.05) is 0 Å². The highest BCUT2D eigenvalue weighted by Gasteiger charge is 2.70. The van der Waals surface area contributed by atoms with Crippen LogP contribution in [-0.2, 0) is 23.7 Å². The second-order valence-corrected chi connectivity index (χ2v) is 11.1. The number of rotatable bonds is 0. The van der Waals surface area contributed by atoms with Gasteiger partial charge in [-0.1, -0.05) is 13.8 Å². The molecule has 5 nitrogen and oxygen atoms in total. The highest BCUT2D eigenvalue weighted by molar-refractivity contribution is 5.16. The Bertz CT molecular complexity index is 653. The molecule has 3 saturated heterocycles. The SMILES string of the molecule is C[C@]12CC[C@H]3[C@@H](CO[C@@]4(C)CC5(CC[C@]34C)OCCO5)[C@@H]1CCC21OCCO1. The normalized spacial score (nSPS) is 53.9. The van der Waals surface area contributed by atoms with Gasteiger partial charge in [-0.25, -0.2) is 0 Å². The van der Waals surface area contributed by atoms with Gasteiger partial charge in [0.25, 0.3) is 0 Å². The van der Waals surface area contributed by atoms with Crippen molar-refractivity contribution in [1.82, 2.24) is 0 Å². The molecule has 6 fully saturated rings. The van der Waals surface area contributed by atoms with Crippen LogP contribution in [0.25, 0.3) is 0 Å². The maximum Gasteiger partial charge on any atom is 0.174 e. The molecule has 0 radical (unpaired) electrons. The van der Waals surface area contributed by atoms with Gasteiger partial charge in [0.2, 0.25) is 0 Å². The molecule has 2 spiro atoms. The number of hydrogen-bond acceptors (Lipinski definition) is 5. The minimum atomic E-state index is -0.396. The molecular weight excluding hydrogens is 356 g/mol. The Hall–Kier alpha value is -0.200. The van der Waals surface area contributed by atoms with Crippen LogP contribution in [0.1, 0.15) is 65.7 Å². The van der Waals surface area contributed by atoms with Gasteiger partial charge >= 0.3 is 0 Å². The Morgan fingerprint density at radius 2 is 1.29 bits per heavy atom. The molecule has 0 aromatic heterocycles. The van der Waals surface area contributed by atoms with Gasteiger partial charge in [-0.15, -0.1) is 0 Å². The van der Waals surface area contributed by atoms with Crippen molar-refractivity contribution in [2.24, 2.45) is 28.6 Å². The van der Waals surface area contributed by atoms with Crippen molar-refractivity contribution >= 4 is 0 Å². The molecule has 158 valence electrons. The van der Waals surface area contributed by atoms with E-state index in [9.17, 15) is 0 Å². The monoisotopic (exact) mass is 392 g/mol. The molecule has 0 N–H and O–H groups in total. The summed E-state index contributed by atoms with van der Waals surface area (Å²) >= 11 is 0. The van der Waals surface area contributed by atoms with Crippen LogP contribution >= 0.6 is 0 Å². The van der Waals surface area contributed by atoms with Crippen LogP contribution in [0.4, 0.5) is 0 Å². The van der Waals surface area contributed by atoms with Crippen LogP contribution in [0.15, 0.2) is 0 Å². The van der Waals surface area contributed by atoms with Crippen molar-refractivity contribution in [3.63, 3.8) is 0 Å². The fourth-order valence-electron chi connectivity index (χ4n) is 8.53. The Morgan fingerprint density at radius 1 is 0.643 bits per heavy atom. The lowest BCUT2D eigenvalue weighted by Gasteiger charge is -2.65. The highest BCUT2D eigenvalue weighted by atomic mass is 16.7. The molecule has 5 heteroatoms. The standard InChI is InChI=1S/C23H36O5/c1-19-8-9-22(24-10-11-25-22)15-21(19,3)28-14-16-17(19)4-6-20(2)18(16)5-7-23(20)26-12-13-27-23/h16-18H,4-15H2,1-3H3/t16-,17+,18+,19-,20+,21+/m1/s1. The van der Waals surface area contributed by atoms with Crippen molar-refractivity contribution in [1.29, 1.82) is 0 Å². The van der Waals surface area contributed by atoms with E-state index in [1.165, 1.54) is 19.3 Å². The van der Waals surface area contributed by atoms with Crippen molar-refractivity contribution in [2.45, 2.75) is 82.9 Å². The smallest absolute Gasteiger partial charge is 0.174 e. The maximum absolute atomic E-state index is 6.79.